The summed E-state index contributed by atoms with van der Waals surface area (Å²) in [4.78, 5) is 12.6. The highest BCUT2D eigenvalue weighted by atomic mass is 79.9. The van der Waals surface area contributed by atoms with Gasteiger partial charge in [0.05, 0.1) is 17.2 Å². The third-order valence-corrected chi connectivity index (χ3v) is 4.67. The van der Waals surface area contributed by atoms with Crippen LogP contribution < -0.4 is 5.32 Å². The number of amides is 1. The Morgan fingerprint density at radius 1 is 1.38 bits per heavy atom. The zero-order valence-electron chi connectivity index (χ0n) is 14.1. The molecule has 136 valence electrons. The van der Waals surface area contributed by atoms with E-state index in [1.165, 1.54) is 12.1 Å². The van der Waals surface area contributed by atoms with Crippen molar-refractivity contribution >= 4 is 39.3 Å². The molecule has 0 aliphatic carbocycles. The molecule has 2 heterocycles. The first-order valence-corrected chi connectivity index (χ1v) is 8.92. The summed E-state index contributed by atoms with van der Waals surface area (Å²) >= 11 is 9.36. The van der Waals surface area contributed by atoms with Crippen molar-refractivity contribution in [3.63, 3.8) is 0 Å². The van der Waals surface area contributed by atoms with Gasteiger partial charge in [-0.1, -0.05) is 17.7 Å². The highest BCUT2D eigenvalue weighted by molar-refractivity contribution is 9.10. The summed E-state index contributed by atoms with van der Waals surface area (Å²) in [6.45, 7) is 3.89. The Hall–Kier alpha value is -2.19. The van der Waals surface area contributed by atoms with E-state index >= 15 is 0 Å². The molecule has 0 unspecified atom stereocenters. The highest BCUT2D eigenvalue weighted by Crippen LogP contribution is 2.21. The maximum absolute atomic E-state index is 13.1. The van der Waals surface area contributed by atoms with E-state index in [1.807, 2.05) is 0 Å². The van der Waals surface area contributed by atoms with Gasteiger partial charge in [0.1, 0.15) is 11.4 Å². The first-order valence-electron chi connectivity index (χ1n) is 7.75. The molecule has 26 heavy (non-hydrogen) atoms. The lowest BCUT2D eigenvalue weighted by Gasteiger charge is -2.23. The normalized spacial score (nSPS) is 11.6. The van der Waals surface area contributed by atoms with Crippen molar-refractivity contribution in [1.82, 2.24) is 19.6 Å². The van der Waals surface area contributed by atoms with Crippen LogP contribution in [-0.4, -0.2) is 25.5 Å². The average Bonchev–Trinajstić information content (AvgIpc) is 3.19. The third kappa shape index (κ3) is 3.96. The van der Waals surface area contributed by atoms with Crippen LogP contribution in [0.3, 0.4) is 0 Å². The average molecular weight is 441 g/mol. The molecule has 0 aliphatic heterocycles. The van der Waals surface area contributed by atoms with E-state index in [9.17, 15) is 9.18 Å². The summed E-state index contributed by atoms with van der Waals surface area (Å²) in [5, 5.41) is 11.6. The molecule has 1 aromatic carbocycles. The number of carbonyl (C=O) groups excluding carboxylic acids is 1. The summed E-state index contributed by atoms with van der Waals surface area (Å²) in [5.74, 6) is -0.231. The number of hydrogen-bond acceptors (Lipinski definition) is 3. The predicted molar refractivity (Wildman–Crippen MR) is 101 cm³/mol. The zero-order chi connectivity index (χ0) is 18.9. The molecule has 0 fully saturated rings. The van der Waals surface area contributed by atoms with Gasteiger partial charge in [-0.15, -0.1) is 0 Å². The van der Waals surface area contributed by atoms with Crippen LogP contribution in [0.15, 0.2) is 47.3 Å². The van der Waals surface area contributed by atoms with Crippen molar-refractivity contribution in [2.45, 2.75) is 25.9 Å². The monoisotopic (exact) mass is 439 g/mol. The molecule has 9 heteroatoms. The second kappa shape index (κ2) is 7.20. The summed E-state index contributed by atoms with van der Waals surface area (Å²) in [6.07, 6.45) is 5.07. The minimum atomic E-state index is -0.893. The van der Waals surface area contributed by atoms with Gasteiger partial charge in [-0.3, -0.25) is 14.2 Å². The van der Waals surface area contributed by atoms with E-state index in [-0.39, 0.29) is 11.7 Å². The van der Waals surface area contributed by atoms with E-state index in [0.29, 0.717) is 17.4 Å². The molecule has 6 nitrogen and oxygen atoms in total. The zero-order valence-corrected chi connectivity index (χ0v) is 16.4. The summed E-state index contributed by atoms with van der Waals surface area (Å²) in [7, 11) is 0. The van der Waals surface area contributed by atoms with Crippen LogP contribution >= 0.6 is 27.5 Å². The third-order valence-electron chi connectivity index (χ3n) is 3.91. The molecule has 0 aliphatic rings. The maximum atomic E-state index is 13.1. The molecule has 1 N–H and O–H groups in total. The number of rotatable bonds is 5. The number of carbonyl (C=O) groups is 1. The molecule has 0 spiro atoms. The number of aromatic nitrogens is 4. The molecule has 0 saturated heterocycles. The second-order valence-electron chi connectivity index (χ2n) is 6.25. The fourth-order valence-corrected chi connectivity index (χ4v) is 2.83. The van der Waals surface area contributed by atoms with Gasteiger partial charge < -0.3 is 5.32 Å². The topological polar surface area (TPSA) is 64.7 Å². The summed E-state index contributed by atoms with van der Waals surface area (Å²) in [5.41, 5.74) is -0.161. The van der Waals surface area contributed by atoms with Crippen LogP contribution in [0.25, 0.3) is 0 Å². The van der Waals surface area contributed by atoms with E-state index in [4.69, 9.17) is 11.6 Å². The van der Waals surface area contributed by atoms with Gasteiger partial charge in [-0.25, -0.2) is 4.39 Å². The number of hydrogen-bond donors (Lipinski definition) is 1. The number of halogens is 3. The van der Waals surface area contributed by atoms with Crippen molar-refractivity contribution in [3.05, 3.63) is 63.7 Å². The van der Waals surface area contributed by atoms with Crippen molar-refractivity contribution in [3.8, 4) is 0 Å². The van der Waals surface area contributed by atoms with E-state index in [2.05, 4.69) is 31.4 Å². The highest BCUT2D eigenvalue weighted by Gasteiger charge is 2.31. The van der Waals surface area contributed by atoms with E-state index in [1.54, 1.807) is 53.9 Å². The molecule has 0 bridgehead atoms. The quantitative estimate of drug-likeness (QED) is 0.651. The van der Waals surface area contributed by atoms with Crippen LogP contribution in [0, 0.1) is 5.82 Å². The van der Waals surface area contributed by atoms with Crippen LogP contribution in [0.1, 0.15) is 19.4 Å². The van der Waals surface area contributed by atoms with Gasteiger partial charge in [0.25, 0.3) is 5.91 Å². The van der Waals surface area contributed by atoms with E-state index < -0.39 is 5.54 Å². The molecule has 1 amide bonds. The Kier molecular flexibility index (Phi) is 5.15. The first kappa shape index (κ1) is 18.6. The van der Waals surface area contributed by atoms with Gasteiger partial charge in [-0.05, 0) is 47.5 Å². The molecule has 0 atom stereocenters. The maximum Gasteiger partial charge on any atom is 0.252 e. The van der Waals surface area contributed by atoms with Crippen LogP contribution in [0.5, 0.6) is 0 Å². The number of benzene rings is 1. The SMILES string of the molecule is CC(C)(C(=O)Nc1ccn(Cc2ccc(F)cc2Cl)n1)n1cc(Br)cn1. The van der Waals surface area contributed by atoms with Crippen molar-refractivity contribution in [2.24, 2.45) is 0 Å². The standard InChI is InChI=1S/C17H16BrClFN5O/c1-17(2,25-10-12(18)8-21-25)16(26)22-15-5-6-24(23-15)9-11-3-4-13(20)7-14(11)19/h3-8,10H,9H2,1-2H3,(H,22,23,26). The van der Waals surface area contributed by atoms with Gasteiger partial charge >= 0.3 is 0 Å². The van der Waals surface area contributed by atoms with Crippen LogP contribution in [0.4, 0.5) is 10.2 Å². The fraction of sp³-hybridized carbons (Fsp3) is 0.235. The van der Waals surface area contributed by atoms with Crippen LogP contribution in [-0.2, 0) is 16.9 Å². The summed E-state index contributed by atoms with van der Waals surface area (Å²) < 4.78 is 17.1. The minimum Gasteiger partial charge on any atom is -0.307 e. The lowest BCUT2D eigenvalue weighted by molar-refractivity contribution is -0.123. The Morgan fingerprint density at radius 2 is 2.15 bits per heavy atom. The first-order chi connectivity index (χ1) is 12.3. The molecule has 0 saturated carbocycles. The lowest BCUT2D eigenvalue weighted by Crippen LogP contribution is -2.40. The van der Waals surface area contributed by atoms with Gasteiger partial charge in [-0.2, -0.15) is 10.2 Å². The smallest absolute Gasteiger partial charge is 0.252 e. The fourth-order valence-electron chi connectivity index (χ4n) is 2.32. The molecule has 3 rings (SSSR count). The van der Waals surface area contributed by atoms with E-state index in [0.717, 1.165) is 10.0 Å². The lowest BCUT2D eigenvalue weighted by atomic mass is 10.1. The van der Waals surface area contributed by atoms with Gasteiger partial charge in [0.15, 0.2) is 5.82 Å². The van der Waals surface area contributed by atoms with Gasteiger partial charge in [0.2, 0.25) is 0 Å². The largest absolute Gasteiger partial charge is 0.307 e. The Labute approximate surface area is 163 Å². The molecular weight excluding hydrogens is 425 g/mol. The molecule has 3 aromatic rings. The second-order valence-corrected chi connectivity index (χ2v) is 7.57. The van der Waals surface area contributed by atoms with Crippen molar-refractivity contribution < 1.29 is 9.18 Å². The van der Waals surface area contributed by atoms with Crippen LogP contribution in [0.2, 0.25) is 5.02 Å². The Bertz CT molecular complexity index is 952. The van der Waals surface area contributed by atoms with Crippen molar-refractivity contribution in [1.29, 1.82) is 0 Å². The van der Waals surface area contributed by atoms with Crippen molar-refractivity contribution in [2.75, 3.05) is 5.32 Å². The predicted octanol–water partition coefficient (Wildman–Crippen LogP) is 4.06. The minimum absolute atomic E-state index is 0.252. The number of anilines is 1. The Balaban J connectivity index is 1.71. The molecule has 2 aromatic heterocycles. The van der Waals surface area contributed by atoms with Gasteiger partial charge in [0, 0.05) is 23.5 Å². The molecular formula is C17H16BrClFN5O. The Morgan fingerprint density at radius 3 is 2.81 bits per heavy atom. The molecule has 0 radical (unpaired) electrons. The summed E-state index contributed by atoms with van der Waals surface area (Å²) in [6, 6.07) is 5.90. The number of nitrogens with zero attached hydrogens (tertiary/aromatic N) is 4. The number of nitrogens with one attached hydrogen (secondary N) is 1.